The number of aromatic nitrogens is 2. The Labute approximate surface area is 123 Å². The van der Waals surface area contributed by atoms with Crippen molar-refractivity contribution in [2.24, 2.45) is 0 Å². The van der Waals surface area contributed by atoms with Gasteiger partial charge in [-0.2, -0.15) is 4.98 Å². The molecule has 0 aliphatic carbocycles. The molecule has 1 aromatic heterocycles. The molecule has 2 aromatic rings. The second kappa shape index (κ2) is 4.84. The third-order valence-corrected chi connectivity index (χ3v) is 4.83. The lowest BCUT2D eigenvalue weighted by Gasteiger charge is -2.20. The van der Waals surface area contributed by atoms with Gasteiger partial charge < -0.3 is 14.6 Å². The summed E-state index contributed by atoms with van der Waals surface area (Å²) in [6.45, 7) is 4.71. The highest BCUT2D eigenvalue weighted by atomic mass is 16.5. The molecule has 110 valence electrons. The van der Waals surface area contributed by atoms with Gasteiger partial charge in [-0.1, -0.05) is 30.3 Å². The predicted octanol–water partition coefficient (Wildman–Crippen LogP) is 2.24. The van der Waals surface area contributed by atoms with Crippen molar-refractivity contribution in [3.05, 3.63) is 41.5 Å². The molecule has 2 atom stereocenters. The molecule has 0 radical (unpaired) electrons. The maximum atomic E-state index is 5.72. The molecule has 5 nitrogen and oxygen atoms in total. The van der Waals surface area contributed by atoms with E-state index in [9.17, 15) is 0 Å². The van der Waals surface area contributed by atoms with Crippen LogP contribution in [-0.4, -0.2) is 29.8 Å². The molecule has 0 spiro atoms. The lowest BCUT2D eigenvalue weighted by Crippen LogP contribution is -2.28. The summed E-state index contributed by atoms with van der Waals surface area (Å²) < 4.78 is 11.3. The van der Waals surface area contributed by atoms with Gasteiger partial charge in [0.05, 0.1) is 11.3 Å². The van der Waals surface area contributed by atoms with Gasteiger partial charge in [0.25, 0.3) is 0 Å². The molecule has 1 fully saturated rings. The third-order valence-electron chi connectivity index (χ3n) is 4.83. The Kier molecular flexibility index (Phi) is 2.96. The summed E-state index contributed by atoms with van der Waals surface area (Å²) in [5.41, 5.74) is 1.16. The lowest BCUT2D eigenvalue weighted by atomic mass is 9.84. The van der Waals surface area contributed by atoms with Gasteiger partial charge in [-0.25, -0.2) is 0 Å². The number of nitrogens with zero attached hydrogens (tertiary/aromatic N) is 2. The lowest BCUT2D eigenvalue weighted by molar-refractivity contribution is 0.281. The number of ether oxygens (including phenoxy) is 1. The first-order valence-electron chi connectivity index (χ1n) is 7.59. The van der Waals surface area contributed by atoms with Crippen LogP contribution in [0.1, 0.15) is 43.0 Å². The van der Waals surface area contributed by atoms with Gasteiger partial charge in [0.2, 0.25) is 5.89 Å². The zero-order valence-corrected chi connectivity index (χ0v) is 12.1. The Bertz CT molecular complexity index is 646. The maximum absolute atomic E-state index is 5.72. The Morgan fingerprint density at radius 3 is 3.10 bits per heavy atom. The molecular weight excluding hydrogens is 266 g/mol. The van der Waals surface area contributed by atoms with E-state index in [1.54, 1.807) is 0 Å². The molecule has 3 heterocycles. The summed E-state index contributed by atoms with van der Waals surface area (Å²) in [6, 6.07) is 8.08. The van der Waals surface area contributed by atoms with Crippen LogP contribution in [-0.2, 0) is 5.41 Å². The van der Waals surface area contributed by atoms with Crippen molar-refractivity contribution in [3.8, 4) is 5.75 Å². The van der Waals surface area contributed by atoms with E-state index < -0.39 is 0 Å². The summed E-state index contributed by atoms with van der Waals surface area (Å²) in [7, 11) is 0. The monoisotopic (exact) mass is 285 g/mol. The summed E-state index contributed by atoms with van der Waals surface area (Å²) >= 11 is 0. The maximum Gasteiger partial charge on any atom is 0.234 e. The second-order valence-electron chi connectivity index (χ2n) is 5.92. The van der Waals surface area contributed by atoms with E-state index in [0.29, 0.717) is 6.61 Å². The molecule has 4 rings (SSSR count). The first kappa shape index (κ1) is 12.8. The van der Waals surface area contributed by atoms with Crippen LogP contribution in [0.15, 0.2) is 28.8 Å². The summed E-state index contributed by atoms with van der Waals surface area (Å²) in [4.78, 5) is 4.72. The van der Waals surface area contributed by atoms with Gasteiger partial charge in [-0.05, 0) is 25.5 Å². The van der Waals surface area contributed by atoms with Crippen molar-refractivity contribution in [1.29, 1.82) is 0 Å². The van der Waals surface area contributed by atoms with Crippen molar-refractivity contribution in [3.63, 3.8) is 0 Å². The third kappa shape index (κ3) is 1.95. The van der Waals surface area contributed by atoms with Crippen LogP contribution in [0.3, 0.4) is 0 Å². The number of hydrogen-bond donors (Lipinski definition) is 1. The van der Waals surface area contributed by atoms with Crippen molar-refractivity contribution < 1.29 is 9.26 Å². The van der Waals surface area contributed by atoms with Crippen LogP contribution < -0.4 is 10.1 Å². The highest BCUT2D eigenvalue weighted by molar-refractivity contribution is 5.42. The molecule has 0 amide bonds. The highest BCUT2D eigenvalue weighted by Crippen LogP contribution is 2.38. The van der Waals surface area contributed by atoms with Gasteiger partial charge >= 0.3 is 0 Å². The SMILES string of the molecule is CCC1(c2nc(C3COc4ccccc43)no2)CCNC1. The smallest absolute Gasteiger partial charge is 0.234 e. The molecule has 2 aliphatic rings. The highest BCUT2D eigenvalue weighted by Gasteiger charge is 2.40. The van der Waals surface area contributed by atoms with Gasteiger partial charge in [0.1, 0.15) is 12.4 Å². The zero-order valence-electron chi connectivity index (χ0n) is 12.1. The fraction of sp³-hybridized carbons (Fsp3) is 0.500. The van der Waals surface area contributed by atoms with Gasteiger partial charge in [0, 0.05) is 12.1 Å². The Morgan fingerprint density at radius 1 is 1.38 bits per heavy atom. The van der Waals surface area contributed by atoms with Crippen LogP contribution in [0, 0.1) is 0 Å². The van der Waals surface area contributed by atoms with Crippen molar-refractivity contribution in [2.75, 3.05) is 19.7 Å². The first-order valence-corrected chi connectivity index (χ1v) is 7.59. The molecule has 2 unspecified atom stereocenters. The van der Waals surface area contributed by atoms with Crippen LogP contribution in [0.5, 0.6) is 5.75 Å². The van der Waals surface area contributed by atoms with Gasteiger partial charge in [0.15, 0.2) is 5.82 Å². The summed E-state index contributed by atoms with van der Waals surface area (Å²) in [5, 5.41) is 7.65. The standard InChI is InChI=1S/C16H19N3O2/c1-2-16(7-8-17-10-16)15-18-14(19-21-15)12-9-20-13-6-4-3-5-11(12)13/h3-6,12,17H,2,7-10H2,1H3. The van der Waals surface area contributed by atoms with Crippen LogP contribution in [0.2, 0.25) is 0 Å². The number of hydrogen-bond acceptors (Lipinski definition) is 5. The molecule has 2 aliphatic heterocycles. The number of benzene rings is 1. The number of para-hydroxylation sites is 1. The molecular formula is C16H19N3O2. The van der Waals surface area contributed by atoms with Crippen LogP contribution in [0.25, 0.3) is 0 Å². The molecule has 1 aromatic carbocycles. The number of fused-ring (bicyclic) bond motifs is 1. The minimum absolute atomic E-state index is 0.00420. The van der Waals surface area contributed by atoms with Gasteiger partial charge in [-0.15, -0.1) is 0 Å². The first-order chi connectivity index (χ1) is 10.3. The average molecular weight is 285 g/mol. The Morgan fingerprint density at radius 2 is 2.29 bits per heavy atom. The van der Waals surface area contributed by atoms with Gasteiger partial charge in [-0.3, -0.25) is 0 Å². The number of rotatable bonds is 3. The van der Waals surface area contributed by atoms with E-state index in [4.69, 9.17) is 14.2 Å². The fourth-order valence-electron chi connectivity index (χ4n) is 3.35. The molecule has 1 saturated heterocycles. The van der Waals surface area contributed by atoms with E-state index >= 15 is 0 Å². The van der Waals surface area contributed by atoms with Crippen molar-refractivity contribution in [1.82, 2.24) is 15.5 Å². The average Bonchev–Trinajstić information content (AvgIpc) is 3.25. The second-order valence-corrected chi connectivity index (χ2v) is 5.92. The fourth-order valence-corrected chi connectivity index (χ4v) is 3.35. The van der Waals surface area contributed by atoms with E-state index in [0.717, 1.165) is 49.0 Å². The van der Waals surface area contributed by atoms with E-state index in [1.165, 1.54) is 0 Å². The van der Waals surface area contributed by atoms with E-state index in [2.05, 4.69) is 23.5 Å². The van der Waals surface area contributed by atoms with E-state index in [1.807, 2.05) is 18.2 Å². The van der Waals surface area contributed by atoms with E-state index in [-0.39, 0.29) is 11.3 Å². The quantitative estimate of drug-likeness (QED) is 0.937. The summed E-state index contributed by atoms with van der Waals surface area (Å²) in [6.07, 6.45) is 2.07. The van der Waals surface area contributed by atoms with Crippen LogP contribution >= 0.6 is 0 Å². The zero-order chi connectivity index (χ0) is 14.3. The predicted molar refractivity (Wildman–Crippen MR) is 77.5 cm³/mol. The van der Waals surface area contributed by atoms with Crippen molar-refractivity contribution in [2.45, 2.75) is 31.1 Å². The van der Waals surface area contributed by atoms with Crippen molar-refractivity contribution >= 4 is 0 Å². The summed E-state index contributed by atoms with van der Waals surface area (Å²) in [5.74, 6) is 2.53. The Hall–Kier alpha value is -1.88. The molecule has 1 N–H and O–H groups in total. The van der Waals surface area contributed by atoms with Crippen LogP contribution in [0.4, 0.5) is 0 Å². The molecule has 5 heteroatoms. The topological polar surface area (TPSA) is 60.2 Å². The number of nitrogens with one attached hydrogen (secondary N) is 1. The molecule has 21 heavy (non-hydrogen) atoms. The minimum Gasteiger partial charge on any atom is -0.492 e. The minimum atomic E-state index is 0.00420. The largest absolute Gasteiger partial charge is 0.492 e. The molecule has 0 saturated carbocycles. The Balaban J connectivity index is 1.67. The normalized spacial score (nSPS) is 27.6. The molecule has 0 bridgehead atoms.